The molecule has 0 atom stereocenters. The summed E-state index contributed by atoms with van der Waals surface area (Å²) in [6.07, 6.45) is 0. The summed E-state index contributed by atoms with van der Waals surface area (Å²) in [5.41, 5.74) is 2.00. The van der Waals surface area contributed by atoms with E-state index < -0.39 is 0 Å². The first-order chi connectivity index (χ1) is 11.6. The molecule has 3 aromatic rings. The van der Waals surface area contributed by atoms with Gasteiger partial charge in [-0.2, -0.15) is 0 Å². The highest BCUT2D eigenvalue weighted by Gasteiger charge is 2.08. The van der Waals surface area contributed by atoms with Crippen LogP contribution in [-0.4, -0.2) is 17.0 Å². The normalized spacial score (nSPS) is 10.5. The molecule has 0 saturated heterocycles. The van der Waals surface area contributed by atoms with E-state index in [4.69, 9.17) is 0 Å². The quantitative estimate of drug-likeness (QED) is 0.760. The summed E-state index contributed by atoms with van der Waals surface area (Å²) < 4.78 is 13.0. The highest BCUT2D eigenvalue weighted by Crippen LogP contribution is 2.20. The Morgan fingerprint density at radius 2 is 1.71 bits per heavy atom. The van der Waals surface area contributed by atoms with Crippen molar-refractivity contribution in [3.8, 4) is 0 Å². The first kappa shape index (κ1) is 15.9. The molecule has 0 bridgehead atoms. The van der Waals surface area contributed by atoms with Gasteiger partial charge in [-0.3, -0.25) is 0 Å². The van der Waals surface area contributed by atoms with Gasteiger partial charge >= 0.3 is 0 Å². The summed E-state index contributed by atoms with van der Waals surface area (Å²) in [4.78, 5) is 11.0. The van der Waals surface area contributed by atoms with Crippen molar-refractivity contribution in [2.75, 3.05) is 17.3 Å². The Kier molecular flexibility index (Phi) is 4.70. The van der Waals surface area contributed by atoms with Crippen LogP contribution in [0.5, 0.6) is 0 Å². The number of halogens is 1. The van der Waals surface area contributed by atoms with Crippen molar-refractivity contribution < 1.29 is 4.39 Å². The Labute approximate surface area is 141 Å². The summed E-state index contributed by atoms with van der Waals surface area (Å²) in [5.74, 6) is 1.93. The zero-order valence-electron chi connectivity index (χ0n) is 13.7. The molecule has 5 heteroatoms. The smallest absolute Gasteiger partial charge is 0.136 e. The first-order valence-corrected chi connectivity index (χ1v) is 7.73. The molecule has 0 aliphatic carbocycles. The van der Waals surface area contributed by atoms with Gasteiger partial charge in [-0.25, -0.2) is 14.4 Å². The van der Waals surface area contributed by atoms with Crippen molar-refractivity contribution in [2.45, 2.75) is 13.5 Å². The lowest BCUT2D eigenvalue weighted by Gasteiger charge is -2.19. The van der Waals surface area contributed by atoms with Crippen LogP contribution in [0.1, 0.15) is 11.4 Å². The number of aryl methyl sites for hydroxylation is 1. The van der Waals surface area contributed by atoms with E-state index in [2.05, 4.69) is 32.3 Å². The van der Waals surface area contributed by atoms with E-state index >= 15 is 0 Å². The number of hydrogen-bond acceptors (Lipinski definition) is 4. The van der Waals surface area contributed by atoms with Gasteiger partial charge < -0.3 is 10.2 Å². The highest BCUT2D eigenvalue weighted by atomic mass is 19.1. The lowest BCUT2D eigenvalue weighted by molar-refractivity contribution is 0.628. The predicted octanol–water partition coefficient (Wildman–Crippen LogP) is 4.30. The molecule has 24 heavy (non-hydrogen) atoms. The largest absolute Gasteiger partial charge is 0.355 e. The number of nitrogens with zero attached hydrogens (tertiary/aromatic N) is 3. The molecule has 0 unspecified atom stereocenters. The predicted molar refractivity (Wildman–Crippen MR) is 95.0 cm³/mol. The van der Waals surface area contributed by atoms with Crippen LogP contribution >= 0.6 is 0 Å². The lowest BCUT2D eigenvalue weighted by atomic mass is 10.2. The summed E-state index contributed by atoms with van der Waals surface area (Å²) in [6.45, 7) is 2.61. The van der Waals surface area contributed by atoms with Gasteiger partial charge in [0.15, 0.2) is 0 Å². The van der Waals surface area contributed by atoms with Crippen LogP contribution < -0.4 is 10.2 Å². The minimum absolute atomic E-state index is 0.261. The maximum atomic E-state index is 13.0. The third kappa shape index (κ3) is 4.07. The van der Waals surface area contributed by atoms with E-state index in [1.54, 1.807) is 12.1 Å². The van der Waals surface area contributed by atoms with Gasteiger partial charge in [0.2, 0.25) is 0 Å². The van der Waals surface area contributed by atoms with Gasteiger partial charge in [-0.1, -0.05) is 30.3 Å². The molecule has 0 saturated carbocycles. The Bertz CT molecular complexity index is 803. The zero-order valence-corrected chi connectivity index (χ0v) is 13.7. The molecular weight excluding hydrogens is 303 g/mol. The Balaban J connectivity index is 1.79. The van der Waals surface area contributed by atoms with Crippen molar-refractivity contribution in [3.05, 3.63) is 77.9 Å². The second kappa shape index (κ2) is 7.08. The van der Waals surface area contributed by atoms with E-state index in [0.29, 0.717) is 11.6 Å². The van der Waals surface area contributed by atoms with Gasteiger partial charge in [-0.15, -0.1) is 0 Å². The van der Waals surface area contributed by atoms with Gasteiger partial charge in [0.1, 0.15) is 23.3 Å². The van der Waals surface area contributed by atoms with Crippen molar-refractivity contribution in [1.29, 1.82) is 0 Å². The fourth-order valence-electron chi connectivity index (χ4n) is 2.43. The number of benzene rings is 2. The maximum Gasteiger partial charge on any atom is 0.136 e. The molecule has 1 N–H and O–H groups in total. The molecule has 0 aliphatic heterocycles. The number of anilines is 3. The van der Waals surface area contributed by atoms with Gasteiger partial charge in [0.25, 0.3) is 0 Å². The lowest BCUT2D eigenvalue weighted by Crippen LogP contribution is -2.18. The first-order valence-electron chi connectivity index (χ1n) is 7.73. The fourth-order valence-corrected chi connectivity index (χ4v) is 2.43. The van der Waals surface area contributed by atoms with E-state index in [-0.39, 0.29) is 5.82 Å². The van der Waals surface area contributed by atoms with Crippen LogP contribution in [0.25, 0.3) is 0 Å². The fraction of sp³-hybridized carbons (Fsp3) is 0.158. The Morgan fingerprint density at radius 1 is 1.00 bits per heavy atom. The summed E-state index contributed by atoms with van der Waals surface area (Å²) in [5, 5.41) is 3.19. The van der Waals surface area contributed by atoms with E-state index in [1.165, 1.54) is 17.7 Å². The zero-order chi connectivity index (χ0) is 16.9. The van der Waals surface area contributed by atoms with Crippen LogP contribution in [0.4, 0.5) is 21.7 Å². The van der Waals surface area contributed by atoms with Crippen LogP contribution in [-0.2, 0) is 6.54 Å². The Morgan fingerprint density at radius 3 is 2.42 bits per heavy atom. The highest BCUT2D eigenvalue weighted by molar-refractivity contribution is 5.59. The molecule has 0 aliphatic rings. The van der Waals surface area contributed by atoms with Crippen LogP contribution in [0.2, 0.25) is 0 Å². The molecule has 0 fully saturated rings. The SMILES string of the molecule is Cc1nc(Nc2ccc(F)cc2)cc(N(C)Cc2ccccc2)n1. The van der Waals surface area contributed by atoms with Gasteiger partial charge in [0, 0.05) is 25.3 Å². The summed E-state index contributed by atoms with van der Waals surface area (Å²) >= 11 is 0. The molecule has 1 aromatic heterocycles. The standard InChI is InChI=1S/C19H19FN4/c1-14-21-18(23-17-10-8-16(20)9-11-17)12-19(22-14)24(2)13-15-6-4-3-5-7-15/h3-12H,13H2,1-2H3,(H,21,22,23). The van der Waals surface area contributed by atoms with Crippen LogP contribution in [0.3, 0.4) is 0 Å². The molecule has 2 aromatic carbocycles. The van der Waals surface area contributed by atoms with E-state index in [0.717, 1.165) is 18.1 Å². The van der Waals surface area contributed by atoms with Gasteiger partial charge in [-0.05, 0) is 36.8 Å². The molecule has 0 amide bonds. The third-order valence-electron chi connectivity index (χ3n) is 3.59. The third-order valence-corrected chi connectivity index (χ3v) is 3.59. The molecule has 4 nitrogen and oxygen atoms in total. The topological polar surface area (TPSA) is 41.1 Å². The number of aromatic nitrogens is 2. The van der Waals surface area contributed by atoms with Crippen molar-refractivity contribution in [3.63, 3.8) is 0 Å². The van der Waals surface area contributed by atoms with Crippen molar-refractivity contribution in [2.24, 2.45) is 0 Å². The minimum Gasteiger partial charge on any atom is -0.355 e. The molecule has 3 rings (SSSR count). The summed E-state index contributed by atoms with van der Waals surface area (Å²) in [7, 11) is 2.00. The molecule has 1 heterocycles. The Hall–Kier alpha value is -2.95. The summed E-state index contributed by atoms with van der Waals surface area (Å²) in [6, 6.07) is 18.3. The molecule has 122 valence electrons. The monoisotopic (exact) mass is 322 g/mol. The number of hydrogen-bond donors (Lipinski definition) is 1. The van der Waals surface area contributed by atoms with Crippen molar-refractivity contribution in [1.82, 2.24) is 9.97 Å². The van der Waals surface area contributed by atoms with Crippen molar-refractivity contribution >= 4 is 17.3 Å². The number of nitrogens with one attached hydrogen (secondary N) is 1. The average molecular weight is 322 g/mol. The second-order valence-electron chi connectivity index (χ2n) is 5.63. The van der Waals surface area contributed by atoms with Crippen LogP contribution in [0, 0.1) is 12.7 Å². The van der Waals surface area contributed by atoms with Gasteiger partial charge in [0.05, 0.1) is 0 Å². The second-order valence-corrected chi connectivity index (χ2v) is 5.63. The maximum absolute atomic E-state index is 13.0. The average Bonchev–Trinajstić information content (AvgIpc) is 2.57. The molecule has 0 radical (unpaired) electrons. The van der Waals surface area contributed by atoms with Crippen LogP contribution in [0.15, 0.2) is 60.7 Å². The molecule has 0 spiro atoms. The number of rotatable bonds is 5. The van der Waals surface area contributed by atoms with E-state index in [1.807, 2.05) is 38.2 Å². The minimum atomic E-state index is -0.261. The molecular formula is C19H19FN4. The van der Waals surface area contributed by atoms with E-state index in [9.17, 15) is 4.39 Å².